The molecule has 0 atom stereocenters. The van der Waals surface area contributed by atoms with Crippen molar-refractivity contribution in [3.63, 3.8) is 0 Å². The van der Waals surface area contributed by atoms with Gasteiger partial charge in [0, 0.05) is 0 Å². The molecule has 0 amide bonds. The first-order chi connectivity index (χ1) is 14.7. The second kappa shape index (κ2) is 7.49. The van der Waals surface area contributed by atoms with Crippen molar-refractivity contribution in [3.8, 4) is 28.0 Å². The second-order valence-corrected chi connectivity index (χ2v) is 7.51. The summed E-state index contributed by atoms with van der Waals surface area (Å²) < 4.78 is 0. The summed E-state index contributed by atoms with van der Waals surface area (Å²) in [5, 5.41) is 10.3. The first kappa shape index (κ1) is 18.1. The molecule has 0 aliphatic heterocycles. The van der Waals surface area contributed by atoms with E-state index < -0.39 is 0 Å². The monoisotopic (exact) mass is 388 g/mol. The second-order valence-electron chi connectivity index (χ2n) is 7.51. The Morgan fingerprint density at radius 1 is 0.767 bits per heavy atom. The molecule has 1 aliphatic rings. The van der Waals surface area contributed by atoms with Crippen LogP contribution in [-0.2, 0) is 6.42 Å². The van der Waals surface area contributed by atoms with Crippen LogP contribution in [0, 0.1) is 0 Å². The van der Waals surface area contributed by atoms with E-state index in [-0.39, 0.29) is 11.5 Å². The number of carbonyl (C=O) groups excluding carboxylic acids is 1. The van der Waals surface area contributed by atoms with Gasteiger partial charge in [-0.05, 0) is 63.6 Å². The maximum Gasteiger partial charge on any atom is 0.189 e. The lowest BCUT2D eigenvalue weighted by Crippen LogP contribution is -1.97. The molecule has 0 unspecified atom stereocenters. The first-order valence-corrected chi connectivity index (χ1v) is 10.0. The van der Waals surface area contributed by atoms with Crippen molar-refractivity contribution in [2.24, 2.45) is 0 Å². The topological polar surface area (TPSA) is 37.3 Å². The van der Waals surface area contributed by atoms with E-state index in [1.165, 1.54) is 28.3 Å². The molecule has 0 aromatic heterocycles. The zero-order valence-corrected chi connectivity index (χ0v) is 16.4. The van der Waals surface area contributed by atoms with E-state index in [1.54, 1.807) is 18.2 Å². The van der Waals surface area contributed by atoms with E-state index in [1.807, 2.05) is 36.4 Å². The number of rotatable bonds is 4. The van der Waals surface area contributed by atoms with Crippen LogP contribution in [0.1, 0.15) is 27.0 Å². The molecule has 30 heavy (non-hydrogen) atoms. The highest BCUT2D eigenvalue weighted by Gasteiger charge is 2.21. The van der Waals surface area contributed by atoms with Gasteiger partial charge in [0.25, 0.3) is 0 Å². The molecule has 0 heterocycles. The number of aromatic hydroxyl groups is 1. The van der Waals surface area contributed by atoms with Crippen molar-refractivity contribution < 1.29 is 9.90 Å². The van der Waals surface area contributed by atoms with Gasteiger partial charge in [0.2, 0.25) is 0 Å². The fourth-order valence-electron chi connectivity index (χ4n) is 4.15. The zero-order chi connectivity index (χ0) is 20.5. The molecular formula is C28H20O2. The largest absolute Gasteiger partial charge is 0.507 e. The van der Waals surface area contributed by atoms with Gasteiger partial charge in [0.1, 0.15) is 5.75 Å². The zero-order valence-electron chi connectivity index (χ0n) is 16.4. The van der Waals surface area contributed by atoms with Crippen molar-refractivity contribution >= 4 is 11.9 Å². The lowest BCUT2D eigenvalue weighted by molar-refractivity contribution is 0.104. The SMILES string of the molecule is O=C(C=Cc1ccccc1)c1cc(-c2cccc3c2Cc2ccccc2-3)ccc1O. The van der Waals surface area contributed by atoms with Crippen molar-refractivity contribution in [2.75, 3.05) is 0 Å². The average molecular weight is 388 g/mol. The Morgan fingerprint density at radius 2 is 1.50 bits per heavy atom. The van der Waals surface area contributed by atoms with Gasteiger partial charge >= 0.3 is 0 Å². The number of hydrogen-bond acceptors (Lipinski definition) is 2. The van der Waals surface area contributed by atoms with Crippen LogP contribution in [-0.4, -0.2) is 10.9 Å². The number of ketones is 1. The molecule has 1 N–H and O–H groups in total. The molecule has 4 aromatic rings. The molecule has 0 bridgehead atoms. The van der Waals surface area contributed by atoms with Gasteiger partial charge in [-0.2, -0.15) is 0 Å². The summed E-state index contributed by atoms with van der Waals surface area (Å²) >= 11 is 0. The fraction of sp³-hybridized carbons (Fsp3) is 0.0357. The molecule has 0 spiro atoms. The van der Waals surface area contributed by atoms with E-state index >= 15 is 0 Å². The third-order valence-electron chi connectivity index (χ3n) is 5.65. The Kier molecular flexibility index (Phi) is 4.53. The number of phenols is 1. The third-order valence-corrected chi connectivity index (χ3v) is 5.65. The quantitative estimate of drug-likeness (QED) is 0.281. The minimum absolute atomic E-state index is 0.00248. The van der Waals surface area contributed by atoms with Crippen LogP contribution in [0.5, 0.6) is 5.75 Å². The first-order valence-electron chi connectivity index (χ1n) is 10.0. The molecule has 4 aromatic carbocycles. The van der Waals surface area contributed by atoms with Crippen molar-refractivity contribution in [1.29, 1.82) is 0 Å². The molecule has 2 nitrogen and oxygen atoms in total. The Balaban J connectivity index is 1.52. The van der Waals surface area contributed by atoms with Crippen LogP contribution in [0.25, 0.3) is 28.3 Å². The molecule has 0 radical (unpaired) electrons. The average Bonchev–Trinajstić information content (AvgIpc) is 3.17. The summed E-state index contributed by atoms with van der Waals surface area (Å²) in [7, 11) is 0. The summed E-state index contributed by atoms with van der Waals surface area (Å²) in [5.74, 6) is -0.216. The lowest BCUT2D eigenvalue weighted by atomic mass is 9.93. The summed E-state index contributed by atoms with van der Waals surface area (Å²) in [6.07, 6.45) is 4.16. The van der Waals surface area contributed by atoms with Crippen molar-refractivity contribution in [3.05, 3.63) is 119 Å². The number of hydrogen-bond donors (Lipinski definition) is 1. The van der Waals surface area contributed by atoms with Gasteiger partial charge in [-0.3, -0.25) is 4.79 Å². The van der Waals surface area contributed by atoms with E-state index in [0.717, 1.165) is 23.1 Å². The van der Waals surface area contributed by atoms with Gasteiger partial charge < -0.3 is 5.11 Å². The van der Waals surface area contributed by atoms with Gasteiger partial charge in [0.05, 0.1) is 5.56 Å². The minimum Gasteiger partial charge on any atom is -0.507 e. The van der Waals surface area contributed by atoms with Crippen LogP contribution in [0.4, 0.5) is 0 Å². The highest BCUT2D eigenvalue weighted by atomic mass is 16.3. The molecule has 144 valence electrons. The fourth-order valence-corrected chi connectivity index (χ4v) is 4.15. The van der Waals surface area contributed by atoms with E-state index in [0.29, 0.717) is 5.56 Å². The number of fused-ring (bicyclic) bond motifs is 3. The number of carbonyl (C=O) groups is 1. The normalized spacial score (nSPS) is 12.0. The number of allylic oxidation sites excluding steroid dienone is 1. The van der Waals surface area contributed by atoms with Crippen LogP contribution in [0.2, 0.25) is 0 Å². The minimum atomic E-state index is -0.214. The summed E-state index contributed by atoms with van der Waals surface area (Å²) in [6, 6.07) is 29.7. The molecular weight excluding hydrogens is 368 g/mol. The molecule has 2 heteroatoms. The van der Waals surface area contributed by atoms with Gasteiger partial charge in [-0.1, -0.05) is 84.9 Å². The van der Waals surface area contributed by atoms with Crippen LogP contribution >= 0.6 is 0 Å². The highest BCUT2D eigenvalue weighted by Crippen LogP contribution is 2.42. The predicted octanol–water partition coefficient (Wildman–Crippen LogP) is 6.53. The van der Waals surface area contributed by atoms with E-state index in [9.17, 15) is 9.90 Å². The standard InChI is InChI=1S/C28H20O2/c29-27(15-13-19-7-2-1-3-8-19)26-18-21(14-16-28(26)30)23-11-6-12-24-22-10-5-4-9-20(22)17-25(23)24/h1-16,18,30H,17H2. The Hall–Kier alpha value is -3.91. The molecule has 0 saturated carbocycles. The lowest BCUT2D eigenvalue weighted by Gasteiger charge is -2.11. The van der Waals surface area contributed by atoms with E-state index in [2.05, 4.69) is 42.5 Å². The van der Waals surface area contributed by atoms with Crippen molar-refractivity contribution in [2.45, 2.75) is 6.42 Å². The van der Waals surface area contributed by atoms with Crippen LogP contribution in [0.15, 0.2) is 97.1 Å². The summed E-state index contributed by atoms with van der Waals surface area (Å²) in [5.41, 5.74) is 8.40. The number of phenolic OH excluding ortho intramolecular Hbond substituents is 1. The van der Waals surface area contributed by atoms with Crippen LogP contribution < -0.4 is 0 Å². The Labute approximate surface area is 175 Å². The van der Waals surface area contributed by atoms with Crippen LogP contribution in [0.3, 0.4) is 0 Å². The Bertz CT molecular complexity index is 1280. The maximum absolute atomic E-state index is 12.8. The maximum atomic E-state index is 12.8. The van der Waals surface area contributed by atoms with Gasteiger partial charge in [0.15, 0.2) is 5.78 Å². The highest BCUT2D eigenvalue weighted by molar-refractivity contribution is 6.09. The smallest absolute Gasteiger partial charge is 0.189 e. The summed E-state index contributed by atoms with van der Waals surface area (Å²) in [4.78, 5) is 12.8. The van der Waals surface area contributed by atoms with E-state index in [4.69, 9.17) is 0 Å². The van der Waals surface area contributed by atoms with Gasteiger partial charge in [-0.15, -0.1) is 0 Å². The molecule has 0 fully saturated rings. The molecule has 1 aliphatic carbocycles. The van der Waals surface area contributed by atoms with Crippen molar-refractivity contribution in [1.82, 2.24) is 0 Å². The van der Waals surface area contributed by atoms with Gasteiger partial charge in [-0.25, -0.2) is 0 Å². The molecule has 0 saturated heterocycles. The molecule has 5 rings (SSSR count). The Morgan fingerprint density at radius 3 is 2.37 bits per heavy atom. The third kappa shape index (κ3) is 3.23. The summed E-state index contributed by atoms with van der Waals surface area (Å²) in [6.45, 7) is 0. The number of benzene rings is 4. The predicted molar refractivity (Wildman–Crippen MR) is 122 cm³/mol.